The highest BCUT2D eigenvalue weighted by atomic mass is 31.2. The molecule has 0 saturated heterocycles. The quantitative estimate of drug-likeness (QED) is 0.0212. The fourth-order valence-electron chi connectivity index (χ4n) is 8.31. The fraction of sp³-hybridized carbons (Fsp3) is 0.723. The molecule has 9 nitrogen and oxygen atoms in total. The third-order valence-corrected chi connectivity index (χ3v) is 14.0. The fourth-order valence-corrected chi connectivity index (χ4v) is 9.03. The number of rotatable bonds is 54. The van der Waals surface area contributed by atoms with Crippen LogP contribution in [0, 0.1) is 0 Å². The Hall–Kier alpha value is -3.07. The lowest BCUT2D eigenvalue weighted by Crippen LogP contribution is -2.47. The Labute approximate surface area is 462 Å². The van der Waals surface area contributed by atoms with Crippen LogP contribution in [-0.2, 0) is 27.9 Å². The van der Waals surface area contributed by atoms with Gasteiger partial charge in [0.25, 0.3) is 7.82 Å². The van der Waals surface area contributed by atoms with E-state index in [4.69, 9.17) is 13.8 Å². The average molecular weight is 1070 g/mol. The molecule has 0 bridgehead atoms. The van der Waals surface area contributed by atoms with Gasteiger partial charge in [-0.25, -0.2) is 0 Å². The Kier molecular flexibility index (Phi) is 52.1. The summed E-state index contributed by atoms with van der Waals surface area (Å²) in [5.74, 6) is -0.644. The second-order valence-corrected chi connectivity index (χ2v) is 22.9. The average Bonchev–Trinajstić information content (AvgIpc) is 3.37. The Bertz CT molecular complexity index is 1610. The molecule has 0 fully saturated rings. The first-order valence-electron chi connectivity index (χ1n) is 30.5. The summed E-state index contributed by atoms with van der Waals surface area (Å²) in [6.45, 7) is 6.66. The maximum Gasteiger partial charge on any atom is 0.306 e. The molecular weight excluding hydrogens is 952 g/mol. The second kappa shape index (κ2) is 54.3. The van der Waals surface area contributed by atoms with Crippen LogP contribution < -0.4 is 10.2 Å². The molecule has 0 rings (SSSR count). The molecule has 3 atom stereocenters. The molecule has 0 aliphatic carbocycles. The Morgan fingerprint density at radius 2 is 0.867 bits per heavy atom. The number of nitrogens with zero attached hydrogens (tertiary/aromatic N) is 1. The molecule has 0 aliphatic rings. The van der Waals surface area contributed by atoms with Crippen LogP contribution >= 0.6 is 7.82 Å². The van der Waals surface area contributed by atoms with E-state index in [9.17, 15) is 19.0 Å². The first-order valence-corrected chi connectivity index (χ1v) is 32.0. The molecule has 0 aromatic heterocycles. The molecule has 3 unspecified atom stereocenters. The number of ether oxygens (including phenoxy) is 1. The molecule has 432 valence electrons. The summed E-state index contributed by atoms with van der Waals surface area (Å²) < 4.78 is 30.2. The van der Waals surface area contributed by atoms with Gasteiger partial charge in [0.1, 0.15) is 19.3 Å². The largest absolute Gasteiger partial charge is 0.756 e. The molecule has 0 radical (unpaired) electrons. The van der Waals surface area contributed by atoms with Gasteiger partial charge in [-0.3, -0.25) is 14.2 Å². The number of carbonyl (C=O) groups is 2. The number of carbonyl (C=O) groups excluding carboxylic acids is 2. The molecule has 10 heteroatoms. The van der Waals surface area contributed by atoms with E-state index in [1.165, 1.54) is 128 Å². The van der Waals surface area contributed by atoms with Crippen molar-refractivity contribution in [3.05, 3.63) is 97.2 Å². The van der Waals surface area contributed by atoms with Gasteiger partial charge in [0, 0.05) is 12.8 Å². The van der Waals surface area contributed by atoms with E-state index in [0.29, 0.717) is 23.9 Å². The first kappa shape index (κ1) is 71.9. The van der Waals surface area contributed by atoms with Gasteiger partial charge in [-0.2, -0.15) is 0 Å². The summed E-state index contributed by atoms with van der Waals surface area (Å²) in [5.41, 5.74) is 0. The lowest BCUT2D eigenvalue weighted by Gasteiger charge is -2.30. The van der Waals surface area contributed by atoms with Crippen LogP contribution in [0.25, 0.3) is 0 Å². The molecule has 0 spiro atoms. The summed E-state index contributed by atoms with van der Waals surface area (Å²) >= 11 is 0. The Morgan fingerprint density at radius 1 is 0.480 bits per heavy atom. The maximum atomic E-state index is 13.5. The van der Waals surface area contributed by atoms with Crippen molar-refractivity contribution in [3.63, 3.8) is 0 Å². The monoisotopic (exact) mass is 1070 g/mol. The van der Waals surface area contributed by atoms with Gasteiger partial charge in [-0.15, -0.1) is 0 Å². The minimum atomic E-state index is -4.72. The highest BCUT2D eigenvalue weighted by molar-refractivity contribution is 7.45. The van der Waals surface area contributed by atoms with E-state index in [1.807, 2.05) is 39.4 Å². The Balaban J connectivity index is 5.35. The number of allylic oxidation sites excluding steroid dienone is 15. The number of likely N-dealkylation sites (N-methyl/N-ethyl adjacent to an activating group) is 1. The van der Waals surface area contributed by atoms with E-state index in [2.05, 4.69) is 99.0 Å². The van der Waals surface area contributed by atoms with E-state index < -0.39 is 32.5 Å². The molecule has 0 aromatic carbocycles. The van der Waals surface area contributed by atoms with Crippen LogP contribution in [0.1, 0.15) is 252 Å². The van der Waals surface area contributed by atoms with Crippen molar-refractivity contribution in [1.29, 1.82) is 0 Å². The first-order chi connectivity index (χ1) is 36.4. The Morgan fingerprint density at radius 3 is 1.31 bits per heavy atom. The van der Waals surface area contributed by atoms with Crippen LogP contribution in [-0.4, -0.2) is 69.4 Å². The molecule has 1 N–H and O–H groups in total. The summed E-state index contributed by atoms with van der Waals surface area (Å²) in [7, 11) is 1.14. The van der Waals surface area contributed by atoms with Crippen molar-refractivity contribution in [1.82, 2.24) is 5.32 Å². The highest BCUT2D eigenvalue weighted by Gasteiger charge is 2.27. The van der Waals surface area contributed by atoms with Gasteiger partial charge in [0.2, 0.25) is 5.91 Å². The second-order valence-electron chi connectivity index (χ2n) is 21.5. The minimum Gasteiger partial charge on any atom is -0.756 e. The van der Waals surface area contributed by atoms with Gasteiger partial charge < -0.3 is 28.5 Å². The number of quaternary nitrogens is 1. The van der Waals surface area contributed by atoms with Crippen LogP contribution in [0.15, 0.2) is 97.2 Å². The third-order valence-electron chi connectivity index (χ3n) is 13.0. The molecule has 0 aromatic rings. The van der Waals surface area contributed by atoms with Gasteiger partial charge in [0.05, 0.1) is 33.8 Å². The zero-order chi connectivity index (χ0) is 55.0. The number of phosphoric acid groups is 1. The van der Waals surface area contributed by atoms with Crippen molar-refractivity contribution < 1.29 is 37.3 Å². The van der Waals surface area contributed by atoms with Crippen LogP contribution in [0.5, 0.6) is 0 Å². The van der Waals surface area contributed by atoms with Crippen molar-refractivity contribution >= 4 is 19.7 Å². The van der Waals surface area contributed by atoms with Crippen molar-refractivity contribution in [3.8, 4) is 0 Å². The van der Waals surface area contributed by atoms with E-state index >= 15 is 0 Å². The van der Waals surface area contributed by atoms with E-state index in [-0.39, 0.29) is 18.9 Å². The normalized spacial score (nSPS) is 14.4. The van der Waals surface area contributed by atoms with Crippen LogP contribution in [0.3, 0.4) is 0 Å². The summed E-state index contributed by atoms with van der Waals surface area (Å²) in [6, 6.07) is -0.924. The summed E-state index contributed by atoms with van der Waals surface area (Å²) in [6.07, 6.45) is 72.5. The van der Waals surface area contributed by atoms with E-state index in [0.717, 1.165) is 83.5 Å². The standard InChI is InChI=1S/C65H115N2O7P/c1-7-10-13-16-19-22-25-27-29-31-33-35-37-39-42-45-48-51-54-57-64(68)66-62(61-73-75(70,71)72-60-59-67(4,5)6)63(56-53-50-47-44-41-24-21-18-15-12-9-3)74-65(69)58-55-52-49-46-43-40-38-36-34-32-30-28-26-23-20-17-14-11-8-2/h11,14,20,23,27-30,34,36,40,43,49,52-53,56,62-63H,7-10,12-13,15-19,21-22,24-26,31-33,35,37-39,41-42,44-48,50-51,54-55,57-61H2,1-6H3,(H-,66,68,70,71)/b14-11-,23-20-,29-27+,30-28-,36-34-,43-40-,52-49-,56-53+. The predicted molar refractivity (Wildman–Crippen MR) is 321 cm³/mol. The number of phosphoric ester groups is 1. The maximum absolute atomic E-state index is 13.5. The van der Waals surface area contributed by atoms with Gasteiger partial charge in [0.15, 0.2) is 0 Å². The number of nitrogens with one attached hydrogen (secondary N) is 1. The lowest BCUT2D eigenvalue weighted by molar-refractivity contribution is -0.870. The number of esters is 1. The molecule has 0 aliphatic heterocycles. The number of hydrogen-bond donors (Lipinski definition) is 1. The van der Waals surface area contributed by atoms with Crippen LogP contribution in [0.2, 0.25) is 0 Å². The van der Waals surface area contributed by atoms with Crippen LogP contribution in [0.4, 0.5) is 0 Å². The molecule has 0 saturated carbocycles. The zero-order valence-corrected chi connectivity index (χ0v) is 50.1. The molecule has 0 heterocycles. The van der Waals surface area contributed by atoms with E-state index in [1.54, 1.807) is 6.08 Å². The lowest BCUT2D eigenvalue weighted by atomic mass is 10.0. The molecule has 1 amide bonds. The number of amides is 1. The molecular formula is C65H115N2O7P. The topological polar surface area (TPSA) is 114 Å². The summed E-state index contributed by atoms with van der Waals surface area (Å²) in [5, 5.41) is 3.00. The highest BCUT2D eigenvalue weighted by Crippen LogP contribution is 2.38. The third kappa shape index (κ3) is 55.5. The summed E-state index contributed by atoms with van der Waals surface area (Å²) in [4.78, 5) is 39.9. The predicted octanol–water partition coefficient (Wildman–Crippen LogP) is 18.1. The number of hydrogen-bond acceptors (Lipinski definition) is 7. The van der Waals surface area contributed by atoms with Crippen molar-refractivity contribution in [2.24, 2.45) is 0 Å². The molecule has 75 heavy (non-hydrogen) atoms. The zero-order valence-electron chi connectivity index (χ0n) is 49.2. The number of unbranched alkanes of at least 4 members (excludes halogenated alkanes) is 24. The van der Waals surface area contributed by atoms with Gasteiger partial charge in [-0.1, -0.05) is 240 Å². The SMILES string of the molecule is CC/C=C\C/C=C\C/C=C\C/C=C\C/C=C\C/C=C\CCC(=O)OC(/C=C/CCCCCCCCCCC)C(COP(=O)([O-])OCC[N+](C)(C)C)NC(=O)CCCCCCCCCCC/C=C/CCCCCCCC. The smallest absolute Gasteiger partial charge is 0.306 e. The van der Waals surface area contributed by atoms with Crippen molar-refractivity contribution in [2.75, 3.05) is 40.9 Å². The van der Waals surface area contributed by atoms with Gasteiger partial charge >= 0.3 is 5.97 Å². The minimum absolute atomic E-state index is 0.0377. The van der Waals surface area contributed by atoms with Gasteiger partial charge in [-0.05, 0) is 96.0 Å². The van der Waals surface area contributed by atoms with Crippen molar-refractivity contribution in [2.45, 2.75) is 264 Å².